The standard InChI is InChI=1S/C27H29N5OS/c1-18-16-23(19(2)31(18)17-22-8-7-15-33-22)26-25(24-9-5-6-14-28-24)29-27(34)32(26)21-12-10-20(11-13-21)30(3)4/h5-16,25-26H,17H2,1-4H3,(H,29,34)/t25-,26+/m0/s1. The lowest BCUT2D eigenvalue weighted by Gasteiger charge is -2.28. The zero-order valence-electron chi connectivity index (χ0n) is 19.9. The van der Waals surface area contributed by atoms with E-state index in [1.807, 2.05) is 44.6 Å². The van der Waals surface area contributed by atoms with Gasteiger partial charge in [-0.05, 0) is 86.2 Å². The third-order valence-corrected chi connectivity index (χ3v) is 6.88. The maximum Gasteiger partial charge on any atom is 0.174 e. The first-order valence-electron chi connectivity index (χ1n) is 11.4. The molecule has 2 atom stereocenters. The van der Waals surface area contributed by atoms with E-state index in [2.05, 4.69) is 74.9 Å². The van der Waals surface area contributed by atoms with Crippen molar-refractivity contribution in [2.75, 3.05) is 23.9 Å². The fraction of sp³-hybridized carbons (Fsp3) is 0.259. The number of hydrogen-bond donors (Lipinski definition) is 1. The molecule has 3 aromatic heterocycles. The van der Waals surface area contributed by atoms with Crippen molar-refractivity contribution in [3.63, 3.8) is 0 Å². The summed E-state index contributed by atoms with van der Waals surface area (Å²) in [5.74, 6) is 0.936. The number of rotatable bonds is 6. The van der Waals surface area contributed by atoms with Crippen LogP contribution in [0, 0.1) is 13.8 Å². The van der Waals surface area contributed by atoms with Crippen LogP contribution in [0.5, 0.6) is 0 Å². The molecular weight excluding hydrogens is 442 g/mol. The van der Waals surface area contributed by atoms with Gasteiger partial charge in [-0.25, -0.2) is 0 Å². The number of aryl methyl sites for hydroxylation is 1. The molecule has 6 nitrogen and oxygen atoms in total. The van der Waals surface area contributed by atoms with Crippen LogP contribution < -0.4 is 15.1 Å². The van der Waals surface area contributed by atoms with Crippen LogP contribution in [0.2, 0.25) is 0 Å². The van der Waals surface area contributed by atoms with Crippen molar-refractivity contribution >= 4 is 28.7 Å². The number of anilines is 2. The van der Waals surface area contributed by atoms with E-state index >= 15 is 0 Å². The topological polar surface area (TPSA) is 49.5 Å². The van der Waals surface area contributed by atoms with Crippen LogP contribution in [0.1, 0.15) is 40.5 Å². The highest BCUT2D eigenvalue weighted by Crippen LogP contribution is 2.43. The maximum absolute atomic E-state index is 5.89. The lowest BCUT2D eigenvalue weighted by atomic mass is 9.96. The minimum atomic E-state index is -0.0696. The number of aromatic nitrogens is 2. The lowest BCUT2D eigenvalue weighted by Crippen LogP contribution is -2.29. The Morgan fingerprint density at radius 1 is 1.06 bits per heavy atom. The molecule has 0 aliphatic carbocycles. The van der Waals surface area contributed by atoms with E-state index in [-0.39, 0.29) is 12.1 Å². The van der Waals surface area contributed by atoms with Crippen molar-refractivity contribution in [2.45, 2.75) is 32.5 Å². The van der Waals surface area contributed by atoms with Gasteiger partial charge < -0.3 is 24.1 Å². The molecule has 5 rings (SSSR count). The number of benzene rings is 1. The molecule has 174 valence electrons. The first-order chi connectivity index (χ1) is 16.4. The van der Waals surface area contributed by atoms with Gasteiger partial charge in [0.15, 0.2) is 5.11 Å². The molecule has 1 aromatic carbocycles. The molecule has 1 aliphatic rings. The Morgan fingerprint density at radius 2 is 1.85 bits per heavy atom. The fourth-order valence-corrected chi connectivity index (χ4v) is 5.14. The summed E-state index contributed by atoms with van der Waals surface area (Å²) < 4.78 is 7.94. The predicted molar refractivity (Wildman–Crippen MR) is 140 cm³/mol. The summed E-state index contributed by atoms with van der Waals surface area (Å²) in [5.41, 5.74) is 6.78. The van der Waals surface area contributed by atoms with Gasteiger partial charge in [0.05, 0.1) is 30.6 Å². The molecule has 0 saturated carbocycles. The smallest absolute Gasteiger partial charge is 0.174 e. The van der Waals surface area contributed by atoms with Gasteiger partial charge in [-0.1, -0.05) is 6.07 Å². The molecule has 0 spiro atoms. The Morgan fingerprint density at radius 3 is 2.50 bits per heavy atom. The summed E-state index contributed by atoms with van der Waals surface area (Å²) in [6, 6.07) is 20.7. The van der Waals surface area contributed by atoms with Crippen molar-refractivity contribution in [1.29, 1.82) is 0 Å². The first-order valence-corrected chi connectivity index (χ1v) is 11.8. The van der Waals surface area contributed by atoms with Crippen molar-refractivity contribution < 1.29 is 4.42 Å². The van der Waals surface area contributed by atoms with Gasteiger partial charge in [-0.2, -0.15) is 0 Å². The monoisotopic (exact) mass is 471 g/mol. The molecule has 0 amide bonds. The third-order valence-electron chi connectivity index (χ3n) is 6.57. The Balaban J connectivity index is 1.61. The van der Waals surface area contributed by atoms with Gasteiger partial charge in [-0.3, -0.25) is 4.98 Å². The molecule has 1 N–H and O–H groups in total. The van der Waals surface area contributed by atoms with Crippen molar-refractivity contribution in [1.82, 2.24) is 14.9 Å². The van der Waals surface area contributed by atoms with E-state index in [0.717, 1.165) is 22.8 Å². The zero-order valence-corrected chi connectivity index (χ0v) is 20.7. The normalized spacial score (nSPS) is 17.8. The zero-order chi connectivity index (χ0) is 23.8. The number of nitrogens with zero attached hydrogens (tertiary/aromatic N) is 4. The second-order valence-electron chi connectivity index (χ2n) is 8.90. The number of hydrogen-bond acceptors (Lipinski definition) is 4. The molecule has 4 heterocycles. The fourth-order valence-electron chi connectivity index (χ4n) is 4.79. The minimum Gasteiger partial charge on any atom is -0.467 e. The number of pyridine rings is 1. The van der Waals surface area contributed by atoms with Crippen LogP contribution in [0.3, 0.4) is 0 Å². The van der Waals surface area contributed by atoms with Crippen LogP contribution in [-0.4, -0.2) is 28.8 Å². The van der Waals surface area contributed by atoms with E-state index in [9.17, 15) is 0 Å². The van der Waals surface area contributed by atoms with Gasteiger partial charge >= 0.3 is 0 Å². The molecule has 0 radical (unpaired) electrons. The van der Waals surface area contributed by atoms with E-state index in [0.29, 0.717) is 11.7 Å². The van der Waals surface area contributed by atoms with Gasteiger partial charge in [-0.15, -0.1) is 0 Å². The molecule has 0 bridgehead atoms. The molecule has 34 heavy (non-hydrogen) atoms. The SMILES string of the molecule is Cc1cc([C@@H]2[C@H](c3ccccn3)NC(=S)N2c2ccc(N(C)C)cc2)c(C)n1Cc1ccco1. The molecule has 1 fully saturated rings. The summed E-state index contributed by atoms with van der Waals surface area (Å²) in [6.07, 6.45) is 3.56. The molecule has 4 aromatic rings. The summed E-state index contributed by atoms with van der Waals surface area (Å²) in [7, 11) is 4.09. The number of furan rings is 1. The minimum absolute atomic E-state index is 0.0378. The predicted octanol–water partition coefficient (Wildman–Crippen LogP) is 5.38. The highest BCUT2D eigenvalue weighted by Gasteiger charge is 2.42. The van der Waals surface area contributed by atoms with Gasteiger partial charge in [0, 0.05) is 43.1 Å². The molecule has 0 unspecified atom stereocenters. The summed E-state index contributed by atoms with van der Waals surface area (Å²) in [6.45, 7) is 5.02. The summed E-state index contributed by atoms with van der Waals surface area (Å²) >= 11 is 5.89. The van der Waals surface area contributed by atoms with Crippen molar-refractivity contribution in [3.05, 3.63) is 102 Å². The Bertz CT molecular complexity index is 1280. The van der Waals surface area contributed by atoms with Crippen LogP contribution in [0.25, 0.3) is 0 Å². The first kappa shape index (κ1) is 22.2. The second-order valence-corrected chi connectivity index (χ2v) is 9.29. The van der Waals surface area contributed by atoms with Crippen molar-refractivity contribution in [3.8, 4) is 0 Å². The molecule has 1 saturated heterocycles. The second kappa shape index (κ2) is 8.99. The molecular formula is C27H29N5OS. The van der Waals surface area contributed by atoms with Crippen LogP contribution in [0.15, 0.2) is 77.5 Å². The van der Waals surface area contributed by atoms with E-state index in [1.165, 1.54) is 17.0 Å². The maximum atomic E-state index is 5.89. The van der Waals surface area contributed by atoms with Gasteiger partial charge in [0.25, 0.3) is 0 Å². The van der Waals surface area contributed by atoms with Gasteiger partial charge in [0.2, 0.25) is 0 Å². The van der Waals surface area contributed by atoms with Crippen LogP contribution in [-0.2, 0) is 6.54 Å². The average Bonchev–Trinajstić information content (AvgIpc) is 3.54. The summed E-state index contributed by atoms with van der Waals surface area (Å²) in [5, 5.41) is 4.27. The third kappa shape index (κ3) is 3.96. The average molecular weight is 472 g/mol. The quantitative estimate of drug-likeness (QED) is 0.381. The summed E-state index contributed by atoms with van der Waals surface area (Å²) in [4.78, 5) is 9.01. The van der Waals surface area contributed by atoms with Gasteiger partial charge in [0.1, 0.15) is 5.76 Å². The Kier molecular flexibility index (Phi) is 5.87. The Hall–Kier alpha value is -3.58. The van der Waals surface area contributed by atoms with Crippen LogP contribution in [0.4, 0.5) is 11.4 Å². The van der Waals surface area contributed by atoms with E-state index in [4.69, 9.17) is 16.6 Å². The highest BCUT2D eigenvalue weighted by atomic mass is 32.1. The number of thiocarbonyl (C=S) groups is 1. The highest BCUT2D eigenvalue weighted by molar-refractivity contribution is 7.80. The Labute approximate surface area is 205 Å². The largest absolute Gasteiger partial charge is 0.467 e. The molecule has 7 heteroatoms. The van der Waals surface area contributed by atoms with Crippen molar-refractivity contribution in [2.24, 2.45) is 0 Å². The van der Waals surface area contributed by atoms with E-state index < -0.39 is 0 Å². The van der Waals surface area contributed by atoms with Crippen LogP contribution >= 0.6 is 12.2 Å². The lowest BCUT2D eigenvalue weighted by molar-refractivity contribution is 0.488. The van der Waals surface area contributed by atoms with E-state index in [1.54, 1.807) is 6.26 Å². The molecule has 1 aliphatic heterocycles. The number of nitrogens with one attached hydrogen (secondary N) is 1.